The highest BCUT2D eigenvalue weighted by Crippen LogP contribution is 2.49. The molecule has 1 aliphatic heterocycles. The first-order chi connectivity index (χ1) is 9.76. The summed E-state index contributed by atoms with van der Waals surface area (Å²) in [6.07, 6.45) is 7.26. The summed E-state index contributed by atoms with van der Waals surface area (Å²) in [6, 6.07) is 0.106. The van der Waals surface area contributed by atoms with Crippen LogP contribution in [0, 0.1) is 17.3 Å². The van der Waals surface area contributed by atoms with Gasteiger partial charge in [-0.2, -0.15) is 0 Å². The lowest BCUT2D eigenvalue weighted by molar-refractivity contribution is -0.143. The van der Waals surface area contributed by atoms with E-state index in [4.69, 9.17) is 0 Å². The Balaban J connectivity index is 1.45. The Bertz CT molecular complexity index is 509. The second-order valence-electron chi connectivity index (χ2n) is 7.59. The molecule has 0 radical (unpaired) electrons. The van der Waals surface area contributed by atoms with Crippen LogP contribution in [0.3, 0.4) is 0 Å². The summed E-state index contributed by atoms with van der Waals surface area (Å²) in [4.78, 5) is 14.4. The van der Waals surface area contributed by atoms with E-state index in [0.29, 0.717) is 11.8 Å². The minimum atomic E-state index is -3.09. The third-order valence-corrected chi connectivity index (χ3v) is 6.36. The zero-order valence-electron chi connectivity index (χ0n) is 13.0. The quantitative estimate of drug-likeness (QED) is 0.855. The van der Waals surface area contributed by atoms with Crippen molar-refractivity contribution in [3.63, 3.8) is 0 Å². The zero-order chi connectivity index (χ0) is 15.3. The Morgan fingerprint density at radius 1 is 1.19 bits per heavy atom. The van der Waals surface area contributed by atoms with Gasteiger partial charge >= 0.3 is 0 Å². The second-order valence-corrected chi connectivity index (χ2v) is 9.37. The predicted octanol–water partition coefficient (Wildman–Crippen LogP) is 1.35. The van der Waals surface area contributed by atoms with Gasteiger partial charge in [0.2, 0.25) is 15.9 Å². The molecule has 0 unspecified atom stereocenters. The fraction of sp³-hybridized carbons (Fsp3) is 0.933. The van der Waals surface area contributed by atoms with Gasteiger partial charge in [0.1, 0.15) is 0 Å². The van der Waals surface area contributed by atoms with E-state index in [1.54, 1.807) is 0 Å². The van der Waals surface area contributed by atoms with Crippen molar-refractivity contribution in [2.75, 3.05) is 19.3 Å². The third-order valence-electron chi connectivity index (χ3n) is 5.60. The van der Waals surface area contributed by atoms with Gasteiger partial charge in [-0.05, 0) is 49.9 Å². The van der Waals surface area contributed by atoms with Crippen molar-refractivity contribution in [2.45, 2.75) is 51.5 Å². The first kappa shape index (κ1) is 15.3. The van der Waals surface area contributed by atoms with Crippen LogP contribution in [0.5, 0.6) is 0 Å². The molecule has 0 bridgehead atoms. The van der Waals surface area contributed by atoms with Crippen LogP contribution in [0.4, 0.5) is 0 Å². The fourth-order valence-electron chi connectivity index (χ4n) is 4.34. The lowest BCUT2D eigenvalue weighted by Crippen LogP contribution is -2.56. The van der Waals surface area contributed by atoms with Gasteiger partial charge in [0.25, 0.3) is 0 Å². The lowest BCUT2D eigenvalue weighted by Gasteiger charge is -2.52. The average Bonchev–Trinajstić information content (AvgIpc) is 2.31. The molecule has 0 aromatic rings. The molecule has 21 heavy (non-hydrogen) atoms. The van der Waals surface area contributed by atoms with Crippen LogP contribution < -0.4 is 4.72 Å². The van der Waals surface area contributed by atoms with Crippen molar-refractivity contribution >= 4 is 15.9 Å². The van der Waals surface area contributed by atoms with Crippen molar-refractivity contribution in [2.24, 2.45) is 17.3 Å². The Hall–Kier alpha value is -0.620. The summed E-state index contributed by atoms with van der Waals surface area (Å²) in [6.45, 7) is 3.92. The number of sulfonamides is 1. The first-order valence-electron chi connectivity index (χ1n) is 8.02. The van der Waals surface area contributed by atoms with Crippen LogP contribution in [0.2, 0.25) is 0 Å². The Labute approximate surface area is 127 Å². The van der Waals surface area contributed by atoms with Crippen LogP contribution in [-0.2, 0) is 14.8 Å². The van der Waals surface area contributed by atoms with Gasteiger partial charge < -0.3 is 4.90 Å². The number of hydrogen-bond acceptors (Lipinski definition) is 3. The minimum Gasteiger partial charge on any atom is -0.342 e. The summed E-state index contributed by atoms with van der Waals surface area (Å²) >= 11 is 0. The second kappa shape index (κ2) is 5.23. The van der Waals surface area contributed by atoms with Gasteiger partial charge in [0, 0.05) is 25.0 Å². The molecular weight excluding hydrogens is 288 g/mol. The number of piperidine rings is 1. The van der Waals surface area contributed by atoms with Crippen molar-refractivity contribution in [1.82, 2.24) is 9.62 Å². The first-order valence-corrected chi connectivity index (χ1v) is 9.92. The Morgan fingerprint density at radius 2 is 1.76 bits per heavy atom. The van der Waals surface area contributed by atoms with E-state index in [9.17, 15) is 13.2 Å². The highest BCUT2D eigenvalue weighted by atomic mass is 32.2. The fourth-order valence-corrected chi connectivity index (χ4v) is 5.12. The van der Waals surface area contributed by atoms with Crippen molar-refractivity contribution < 1.29 is 13.2 Å². The van der Waals surface area contributed by atoms with Gasteiger partial charge in [0.05, 0.1) is 6.26 Å². The zero-order valence-corrected chi connectivity index (χ0v) is 13.8. The summed E-state index contributed by atoms with van der Waals surface area (Å²) < 4.78 is 25.1. The molecule has 2 aliphatic carbocycles. The summed E-state index contributed by atoms with van der Waals surface area (Å²) in [5.41, 5.74) is 0.284. The largest absolute Gasteiger partial charge is 0.342 e. The molecule has 0 aromatic carbocycles. The monoisotopic (exact) mass is 314 g/mol. The van der Waals surface area contributed by atoms with E-state index in [1.807, 2.05) is 4.90 Å². The maximum absolute atomic E-state index is 12.3. The standard InChI is InChI=1S/C15H26N2O3S/c1-11-7-12(8-11)14(18)17-5-3-15(4-6-17)9-13(10-15)16-21(2,19)20/h11-13,16H,3-10H2,1-2H3. The Kier molecular flexibility index (Phi) is 3.81. The molecule has 120 valence electrons. The van der Waals surface area contributed by atoms with E-state index in [1.165, 1.54) is 6.26 Å². The highest BCUT2D eigenvalue weighted by molar-refractivity contribution is 7.88. The SMILES string of the molecule is CC1CC(C(=O)N2CCC3(CC2)CC(NS(C)(=O)=O)C3)C1. The van der Waals surface area contributed by atoms with Gasteiger partial charge in [-0.3, -0.25) is 4.79 Å². The maximum atomic E-state index is 12.3. The van der Waals surface area contributed by atoms with Gasteiger partial charge in [-0.25, -0.2) is 13.1 Å². The van der Waals surface area contributed by atoms with E-state index in [2.05, 4.69) is 11.6 Å². The number of amides is 1. The third kappa shape index (κ3) is 3.26. The molecule has 0 atom stereocenters. The van der Waals surface area contributed by atoms with Gasteiger partial charge in [-0.1, -0.05) is 6.92 Å². The summed E-state index contributed by atoms with van der Waals surface area (Å²) in [5, 5.41) is 0. The minimum absolute atomic E-state index is 0.106. The van der Waals surface area contributed by atoms with Gasteiger partial charge in [-0.15, -0.1) is 0 Å². The van der Waals surface area contributed by atoms with Crippen molar-refractivity contribution in [3.05, 3.63) is 0 Å². The smallest absolute Gasteiger partial charge is 0.225 e. The topological polar surface area (TPSA) is 66.5 Å². The number of carbonyl (C=O) groups excluding carboxylic acids is 1. The molecule has 3 aliphatic rings. The number of nitrogens with one attached hydrogen (secondary N) is 1. The summed E-state index contributed by atoms with van der Waals surface area (Å²) in [5.74, 6) is 1.34. The molecule has 2 saturated carbocycles. The molecule has 0 aromatic heterocycles. The van der Waals surface area contributed by atoms with Crippen LogP contribution >= 0.6 is 0 Å². The molecule has 3 fully saturated rings. The van der Waals surface area contributed by atoms with Crippen LogP contribution in [0.1, 0.15) is 45.4 Å². The van der Waals surface area contributed by atoms with Crippen LogP contribution in [-0.4, -0.2) is 44.6 Å². The van der Waals surface area contributed by atoms with E-state index in [-0.39, 0.29) is 17.4 Å². The normalized spacial score (nSPS) is 32.6. The number of rotatable bonds is 3. The number of nitrogens with zero attached hydrogens (tertiary/aromatic N) is 1. The number of likely N-dealkylation sites (tertiary alicyclic amines) is 1. The molecular formula is C15H26N2O3S. The molecule has 1 spiro atoms. The van der Waals surface area contributed by atoms with E-state index < -0.39 is 10.0 Å². The van der Waals surface area contributed by atoms with Crippen molar-refractivity contribution in [3.8, 4) is 0 Å². The van der Waals surface area contributed by atoms with E-state index >= 15 is 0 Å². The Morgan fingerprint density at radius 3 is 2.24 bits per heavy atom. The number of carbonyl (C=O) groups is 1. The molecule has 1 amide bonds. The lowest BCUT2D eigenvalue weighted by atomic mass is 9.60. The average molecular weight is 314 g/mol. The molecule has 6 heteroatoms. The molecule has 1 heterocycles. The van der Waals surface area contributed by atoms with E-state index in [0.717, 1.165) is 51.6 Å². The number of hydrogen-bond donors (Lipinski definition) is 1. The van der Waals surface area contributed by atoms with Crippen molar-refractivity contribution in [1.29, 1.82) is 0 Å². The predicted molar refractivity (Wildman–Crippen MR) is 81.1 cm³/mol. The molecule has 5 nitrogen and oxygen atoms in total. The molecule has 3 rings (SSSR count). The highest BCUT2D eigenvalue weighted by Gasteiger charge is 2.47. The molecule has 1 N–H and O–H groups in total. The van der Waals surface area contributed by atoms with Gasteiger partial charge in [0.15, 0.2) is 0 Å². The molecule has 1 saturated heterocycles. The summed E-state index contributed by atoms with van der Waals surface area (Å²) in [7, 11) is -3.09. The van der Waals surface area contributed by atoms with Crippen LogP contribution in [0.25, 0.3) is 0 Å². The maximum Gasteiger partial charge on any atom is 0.225 e. The van der Waals surface area contributed by atoms with Crippen LogP contribution in [0.15, 0.2) is 0 Å².